The van der Waals surface area contributed by atoms with Gasteiger partial charge in [-0.2, -0.15) is 0 Å². The summed E-state index contributed by atoms with van der Waals surface area (Å²) in [6.07, 6.45) is 16.0. The monoisotopic (exact) mass is 825 g/mol. The van der Waals surface area contributed by atoms with E-state index in [-0.39, 0.29) is 7.25 Å². The molecular weight excluding hydrogens is 767 g/mol. The SMILES string of the molecule is CCCCC1=Cc2c(ccc(CC)c2-c2ccccc2CC)[CH]1[Zr]([Cl])([Cl])([CH]1C(CCCC)=Cc2c1ccc(CC)c2-c1ccccc1CC)[SiH](C)C. The minimum absolute atomic E-state index is 0.120. The fourth-order valence-corrected chi connectivity index (χ4v) is 41.3. The molecule has 0 saturated heterocycles. The molecule has 0 radical (unpaired) electrons. The van der Waals surface area contributed by atoms with E-state index in [1.165, 1.54) is 77.9 Å². The van der Waals surface area contributed by atoms with E-state index in [0.29, 0.717) is 0 Å². The molecule has 52 heavy (non-hydrogen) atoms. The first kappa shape index (κ1) is 39.7. The van der Waals surface area contributed by atoms with E-state index in [2.05, 4.69) is 140 Å². The summed E-state index contributed by atoms with van der Waals surface area (Å²) in [5.74, 6) is -1.68. The van der Waals surface area contributed by atoms with Crippen molar-refractivity contribution in [3.63, 3.8) is 0 Å². The first-order chi connectivity index (χ1) is 25.1. The van der Waals surface area contributed by atoms with Gasteiger partial charge < -0.3 is 0 Å². The van der Waals surface area contributed by atoms with E-state index < -0.39 is 21.5 Å². The zero-order chi connectivity index (χ0) is 37.2. The Labute approximate surface area is 324 Å². The Bertz CT molecular complexity index is 1860. The molecule has 4 aromatic rings. The molecule has 0 heterocycles. The van der Waals surface area contributed by atoms with E-state index in [9.17, 15) is 0 Å². The van der Waals surface area contributed by atoms with Crippen molar-refractivity contribution in [2.75, 3.05) is 0 Å². The van der Waals surface area contributed by atoms with Gasteiger partial charge in [0.05, 0.1) is 0 Å². The standard InChI is InChI=1S/2C23H27.C2H7Si.2ClH.Zr/c2*1-4-7-10-17-15-20-14-13-19(6-3)23(22(20)16-17)21-12-9-8-11-18(21)5-2;1-3-2;;;/h2*8-9,11-16H,4-7,10H2,1-3H3;3H,1-2H3;2*1H;/q;;;;;+2/p-2. The minimum atomic E-state index is -4.94. The molecule has 0 amide bonds. The van der Waals surface area contributed by atoms with Gasteiger partial charge in [-0.15, -0.1) is 0 Å². The van der Waals surface area contributed by atoms with Crippen LogP contribution in [0.1, 0.15) is 132 Å². The van der Waals surface area contributed by atoms with E-state index in [0.717, 1.165) is 64.2 Å². The van der Waals surface area contributed by atoms with E-state index in [1.807, 2.05) is 0 Å². The van der Waals surface area contributed by atoms with Crippen LogP contribution in [-0.4, -0.2) is 5.92 Å². The molecule has 2 aliphatic carbocycles. The van der Waals surface area contributed by atoms with E-state index >= 15 is 0 Å². The van der Waals surface area contributed by atoms with Crippen LogP contribution >= 0.6 is 17.0 Å². The third-order valence-corrected chi connectivity index (χ3v) is 64.5. The number of unbranched alkanes of at least 4 members (excludes halogenated alkanes) is 2. The Kier molecular flexibility index (Phi) is 12.5. The van der Waals surface area contributed by atoms with Gasteiger partial charge in [0, 0.05) is 0 Å². The zero-order valence-electron chi connectivity index (χ0n) is 33.1. The first-order valence-electron chi connectivity index (χ1n) is 20.5. The van der Waals surface area contributed by atoms with Crippen LogP contribution in [0.25, 0.3) is 34.4 Å². The molecule has 0 N–H and O–H groups in total. The van der Waals surface area contributed by atoms with Crippen LogP contribution in [0.3, 0.4) is 0 Å². The molecule has 4 aromatic carbocycles. The summed E-state index contributed by atoms with van der Waals surface area (Å²) in [4.78, 5) is 0. The number of hydrogen-bond donors (Lipinski definition) is 0. The Morgan fingerprint density at radius 2 is 0.904 bits per heavy atom. The molecule has 2 unspecified atom stereocenters. The summed E-state index contributed by atoms with van der Waals surface area (Å²) in [6, 6.07) is 28.0. The summed E-state index contributed by atoms with van der Waals surface area (Å²) in [5, 5.41) is 0. The Balaban J connectivity index is 1.67. The topological polar surface area (TPSA) is 0 Å². The summed E-state index contributed by atoms with van der Waals surface area (Å²) in [5.41, 5.74) is 20.0. The predicted octanol–water partition coefficient (Wildman–Crippen LogP) is 15.2. The van der Waals surface area contributed by atoms with Gasteiger partial charge in [0.15, 0.2) is 0 Å². The Hall–Kier alpha value is -1.96. The molecule has 2 aliphatic rings. The molecule has 275 valence electrons. The normalized spacial score (nSPS) is 17.5. The molecule has 2 atom stereocenters. The molecule has 0 aromatic heterocycles. The van der Waals surface area contributed by atoms with Gasteiger partial charge in [0.1, 0.15) is 0 Å². The molecule has 0 nitrogen and oxygen atoms in total. The van der Waals surface area contributed by atoms with Gasteiger partial charge in [-0.05, 0) is 0 Å². The second-order valence-electron chi connectivity index (χ2n) is 15.8. The summed E-state index contributed by atoms with van der Waals surface area (Å²) >= 11 is -4.94. The second-order valence-corrected chi connectivity index (χ2v) is 58.3. The second kappa shape index (κ2) is 16.4. The predicted molar refractivity (Wildman–Crippen MR) is 232 cm³/mol. The van der Waals surface area contributed by atoms with Crippen LogP contribution in [0, 0.1) is 0 Å². The van der Waals surface area contributed by atoms with E-state index in [4.69, 9.17) is 17.0 Å². The van der Waals surface area contributed by atoms with E-state index in [1.54, 1.807) is 0 Å². The molecule has 4 heteroatoms. The van der Waals surface area contributed by atoms with Crippen LogP contribution in [0.2, 0.25) is 13.1 Å². The van der Waals surface area contributed by atoms with Crippen molar-refractivity contribution in [2.24, 2.45) is 0 Å². The quantitative estimate of drug-likeness (QED) is 0.105. The molecular formula is C48H61Cl2SiZr. The third-order valence-electron chi connectivity index (χ3n) is 12.7. The van der Waals surface area contributed by atoms with Crippen molar-refractivity contribution >= 4 is 35.1 Å². The summed E-state index contributed by atoms with van der Waals surface area (Å²) in [6.45, 7) is 18.9. The van der Waals surface area contributed by atoms with Crippen molar-refractivity contribution < 1.29 is 15.6 Å². The number of fused-ring (bicyclic) bond motifs is 2. The van der Waals surface area contributed by atoms with Gasteiger partial charge in [0.25, 0.3) is 0 Å². The molecule has 0 fully saturated rings. The van der Waals surface area contributed by atoms with Crippen LogP contribution in [-0.2, 0) is 41.2 Å². The average molecular weight is 828 g/mol. The molecule has 6 rings (SSSR count). The van der Waals surface area contributed by atoms with Crippen molar-refractivity contribution in [1.82, 2.24) is 0 Å². The summed E-state index contributed by atoms with van der Waals surface area (Å²) in [7, 11) is 17.9. The average Bonchev–Trinajstić information content (AvgIpc) is 3.74. The maximum absolute atomic E-state index is 8.96. The van der Waals surface area contributed by atoms with Crippen molar-refractivity contribution in [3.8, 4) is 22.3 Å². The molecule has 0 spiro atoms. The van der Waals surface area contributed by atoms with Gasteiger partial charge in [-0.1, -0.05) is 0 Å². The number of halogens is 2. The number of allylic oxidation sites excluding steroid dienone is 2. The van der Waals surface area contributed by atoms with Gasteiger partial charge in [0.2, 0.25) is 0 Å². The van der Waals surface area contributed by atoms with Crippen molar-refractivity contribution in [2.45, 2.75) is 126 Å². The first-order valence-corrected chi connectivity index (χ1v) is 36.9. The number of aryl methyl sites for hydroxylation is 4. The molecule has 0 aliphatic heterocycles. The molecule has 0 bridgehead atoms. The van der Waals surface area contributed by atoms with Crippen molar-refractivity contribution in [1.29, 1.82) is 0 Å². The van der Waals surface area contributed by atoms with Crippen LogP contribution in [0.4, 0.5) is 0 Å². The Morgan fingerprint density at radius 3 is 1.25 bits per heavy atom. The number of hydrogen-bond acceptors (Lipinski definition) is 0. The fraction of sp³-hybridized carbons (Fsp3) is 0.417. The van der Waals surface area contributed by atoms with Gasteiger partial charge in [-0.25, -0.2) is 0 Å². The van der Waals surface area contributed by atoms with Crippen LogP contribution in [0.5, 0.6) is 0 Å². The Morgan fingerprint density at radius 1 is 0.519 bits per heavy atom. The maximum atomic E-state index is 8.96. The molecule has 0 saturated carbocycles. The van der Waals surface area contributed by atoms with Crippen LogP contribution in [0.15, 0.2) is 83.9 Å². The van der Waals surface area contributed by atoms with Crippen molar-refractivity contribution in [3.05, 3.63) is 128 Å². The summed E-state index contributed by atoms with van der Waals surface area (Å²) < 4.78 is 0.240. The van der Waals surface area contributed by atoms with Gasteiger partial charge in [-0.3, -0.25) is 0 Å². The number of rotatable bonds is 15. The zero-order valence-corrected chi connectivity index (χ0v) is 38.3. The fourth-order valence-electron chi connectivity index (χ4n) is 9.81. The third kappa shape index (κ3) is 6.69. The van der Waals surface area contributed by atoms with Gasteiger partial charge >= 0.3 is 327 Å². The number of benzene rings is 4. The van der Waals surface area contributed by atoms with Crippen LogP contribution < -0.4 is 0 Å².